The van der Waals surface area contributed by atoms with Crippen molar-refractivity contribution in [1.29, 1.82) is 0 Å². The monoisotopic (exact) mass is 600 g/mol. The Kier molecular flexibility index (Phi) is 8.88. The van der Waals surface area contributed by atoms with E-state index in [1.165, 1.54) is 37.8 Å². The molecule has 3 aromatic carbocycles. The van der Waals surface area contributed by atoms with Crippen LogP contribution in [0.15, 0.2) is 77.5 Å². The number of carbonyl (C=O) groups is 1. The first-order valence-electron chi connectivity index (χ1n) is 12.3. The molecule has 0 aliphatic heterocycles. The number of methoxy groups -OCH3 is 1. The number of aromatic hydroxyl groups is 1. The molecule has 0 aliphatic carbocycles. The number of benzene rings is 3. The zero-order valence-corrected chi connectivity index (χ0v) is 24.0. The molecule has 4 aromatic rings. The molecule has 2 atom stereocenters. The summed E-state index contributed by atoms with van der Waals surface area (Å²) in [4.78, 5) is 17.9. The number of aliphatic hydroxyl groups excluding tert-OH is 1. The second-order valence-electron chi connectivity index (χ2n) is 9.39. The molecule has 5 N–H and O–H groups in total. The molecule has 1 heterocycles. The standard InChI is InChI=1S/C28H29ClN4O7S/c1-28(18-5-8-20(39-2)9-6-18,27(36)32-19-7-10-22(29)21(15-19)26-30-12-13-40-26)31-16-25(35)17-4-11-24(34)23(14-17)33-41(3,37)38/h4-15,25,31,33-35H,16H2,1-3H3,(H,32,36)/t25?,28-/m0/s1. The molecule has 1 aromatic heterocycles. The molecule has 41 heavy (non-hydrogen) atoms. The molecular formula is C28H29ClN4O7S. The summed E-state index contributed by atoms with van der Waals surface area (Å²) in [6.45, 7) is 1.55. The highest BCUT2D eigenvalue weighted by molar-refractivity contribution is 7.92. The molecule has 11 nitrogen and oxygen atoms in total. The number of rotatable bonds is 11. The van der Waals surface area contributed by atoms with Crippen molar-refractivity contribution in [1.82, 2.24) is 10.3 Å². The first kappa shape index (κ1) is 29.9. The van der Waals surface area contributed by atoms with Gasteiger partial charge in [0.2, 0.25) is 21.8 Å². The lowest BCUT2D eigenvalue weighted by molar-refractivity contribution is -0.122. The van der Waals surface area contributed by atoms with Crippen LogP contribution in [0.3, 0.4) is 0 Å². The largest absolute Gasteiger partial charge is 0.506 e. The number of amides is 1. The van der Waals surface area contributed by atoms with Crippen LogP contribution in [-0.2, 0) is 20.4 Å². The van der Waals surface area contributed by atoms with E-state index in [0.29, 0.717) is 39.0 Å². The van der Waals surface area contributed by atoms with Crippen molar-refractivity contribution in [2.75, 3.05) is 29.9 Å². The number of aromatic nitrogens is 1. The zero-order chi connectivity index (χ0) is 29.8. The molecule has 1 unspecified atom stereocenters. The number of ether oxygens (including phenoxy) is 1. The lowest BCUT2D eigenvalue weighted by Gasteiger charge is -2.31. The van der Waals surface area contributed by atoms with Crippen molar-refractivity contribution in [3.8, 4) is 23.0 Å². The van der Waals surface area contributed by atoms with Gasteiger partial charge in [-0.2, -0.15) is 0 Å². The minimum Gasteiger partial charge on any atom is -0.506 e. The molecule has 0 radical (unpaired) electrons. The van der Waals surface area contributed by atoms with Gasteiger partial charge in [0, 0.05) is 12.2 Å². The Morgan fingerprint density at radius 2 is 1.88 bits per heavy atom. The fourth-order valence-electron chi connectivity index (χ4n) is 4.08. The van der Waals surface area contributed by atoms with E-state index in [9.17, 15) is 23.4 Å². The summed E-state index contributed by atoms with van der Waals surface area (Å²) in [7, 11) is -2.14. The number of carbonyl (C=O) groups excluding carboxylic acids is 1. The van der Waals surface area contributed by atoms with Gasteiger partial charge in [0.1, 0.15) is 23.3 Å². The number of hydrogen-bond donors (Lipinski definition) is 5. The van der Waals surface area contributed by atoms with Crippen LogP contribution in [0.5, 0.6) is 11.5 Å². The molecule has 0 saturated carbocycles. The van der Waals surface area contributed by atoms with Crippen LogP contribution < -0.4 is 20.1 Å². The molecule has 13 heteroatoms. The van der Waals surface area contributed by atoms with Gasteiger partial charge in [-0.25, -0.2) is 13.4 Å². The van der Waals surface area contributed by atoms with Crippen LogP contribution in [0.1, 0.15) is 24.2 Å². The van der Waals surface area contributed by atoms with E-state index in [-0.39, 0.29) is 18.0 Å². The van der Waals surface area contributed by atoms with Gasteiger partial charge in [0.25, 0.3) is 0 Å². The molecular weight excluding hydrogens is 572 g/mol. The Balaban J connectivity index is 1.61. The summed E-state index contributed by atoms with van der Waals surface area (Å²) in [5.74, 6) is 0.151. The van der Waals surface area contributed by atoms with Gasteiger partial charge in [-0.3, -0.25) is 14.8 Å². The van der Waals surface area contributed by atoms with E-state index in [1.807, 2.05) is 0 Å². The van der Waals surface area contributed by atoms with Crippen LogP contribution in [0.4, 0.5) is 11.4 Å². The molecule has 4 rings (SSSR count). The first-order chi connectivity index (χ1) is 19.4. The minimum absolute atomic E-state index is 0.0794. The number of anilines is 2. The Bertz CT molecular complexity index is 1630. The second kappa shape index (κ2) is 12.2. The normalized spacial score (nSPS) is 13.7. The maximum absolute atomic E-state index is 13.8. The lowest BCUT2D eigenvalue weighted by atomic mass is 9.90. The van der Waals surface area contributed by atoms with Crippen molar-refractivity contribution in [2.24, 2.45) is 0 Å². The number of halogens is 1. The smallest absolute Gasteiger partial charge is 0.249 e. The third-order valence-electron chi connectivity index (χ3n) is 6.36. The molecule has 1 amide bonds. The Morgan fingerprint density at radius 1 is 1.15 bits per heavy atom. The number of hydrogen-bond acceptors (Lipinski definition) is 9. The predicted octanol–water partition coefficient (Wildman–Crippen LogP) is 4.26. The van der Waals surface area contributed by atoms with Crippen LogP contribution in [0, 0.1) is 0 Å². The summed E-state index contributed by atoms with van der Waals surface area (Å²) >= 11 is 6.32. The number of phenolic OH excluding ortho intramolecular Hbond substituents is 1. The average molecular weight is 601 g/mol. The van der Waals surface area contributed by atoms with Crippen molar-refractivity contribution < 1.29 is 32.6 Å². The minimum atomic E-state index is -3.67. The number of phenols is 1. The summed E-state index contributed by atoms with van der Waals surface area (Å²) in [6, 6.07) is 15.8. The molecule has 0 saturated heterocycles. The maximum atomic E-state index is 13.8. The third kappa shape index (κ3) is 7.16. The third-order valence-corrected chi connectivity index (χ3v) is 7.28. The van der Waals surface area contributed by atoms with E-state index >= 15 is 0 Å². The number of aliphatic hydroxyl groups is 1. The molecule has 216 valence electrons. The van der Waals surface area contributed by atoms with E-state index in [4.69, 9.17) is 20.8 Å². The average Bonchev–Trinajstić information content (AvgIpc) is 3.48. The Hall–Kier alpha value is -4.10. The van der Waals surface area contributed by atoms with Crippen molar-refractivity contribution in [3.05, 3.63) is 89.3 Å². The maximum Gasteiger partial charge on any atom is 0.249 e. The summed E-state index contributed by atoms with van der Waals surface area (Å²) < 4.78 is 36.1. The topological polar surface area (TPSA) is 163 Å². The first-order valence-corrected chi connectivity index (χ1v) is 14.6. The quantitative estimate of drug-likeness (QED) is 0.158. The van der Waals surface area contributed by atoms with Gasteiger partial charge in [-0.05, 0) is 60.5 Å². The van der Waals surface area contributed by atoms with Crippen molar-refractivity contribution in [2.45, 2.75) is 18.6 Å². The second-order valence-corrected chi connectivity index (χ2v) is 11.5. The van der Waals surface area contributed by atoms with E-state index in [1.54, 1.807) is 49.4 Å². The number of nitrogens with zero attached hydrogens (tertiary/aromatic N) is 1. The van der Waals surface area contributed by atoms with E-state index in [2.05, 4.69) is 20.3 Å². The van der Waals surface area contributed by atoms with Crippen LogP contribution in [0.25, 0.3) is 11.5 Å². The van der Waals surface area contributed by atoms with Gasteiger partial charge in [0.05, 0.1) is 41.9 Å². The Morgan fingerprint density at radius 3 is 2.51 bits per heavy atom. The van der Waals surface area contributed by atoms with Gasteiger partial charge in [-0.1, -0.05) is 29.8 Å². The molecule has 0 fully saturated rings. The van der Waals surface area contributed by atoms with Gasteiger partial charge in [0.15, 0.2) is 0 Å². The van der Waals surface area contributed by atoms with Crippen LogP contribution in [-0.4, -0.2) is 49.4 Å². The van der Waals surface area contributed by atoms with E-state index < -0.39 is 27.6 Å². The van der Waals surface area contributed by atoms with Gasteiger partial charge >= 0.3 is 0 Å². The number of nitrogens with one attached hydrogen (secondary N) is 3. The van der Waals surface area contributed by atoms with Gasteiger partial charge in [-0.15, -0.1) is 0 Å². The summed E-state index contributed by atoms with van der Waals surface area (Å²) in [6.07, 6.45) is 2.68. The summed E-state index contributed by atoms with van der Waals surface area (Å²) in [5.41, 5.74) is 0.381. The SMILES string of the molecule is COc1ccc([C@](C)(NCC(O)c2ccc(O)c(NS(C)(=O)=O)c2)C(=O)Nc2ccc(Cl)c(-c3ncco3)c2)cc1. The summed E-state index contributed by atoms with van der Waals surface area (Å²) in [5, 5.41) is 27.4. The van der Waals surface area contributed by atoms with E-state index in [0.717, 1.165) is 6.26 Å². The highest BCUT2D eigenvalue weighted by Crippen LogP contribution is 2.32. The van der Waals surface area contributed by atoms with Crippen molar-refractivity contribution in [3.63, 3.8) is 0 Å². The zero-order valence-electron chi connectivity index (χ0n) is 22.4. The molecule has 0 spiro atoms. The molecule has 0 bridgehead atoms. The number of oxazole rings is 1. The number of sulfonamides is 1. The fourth-order valence-corrected chi connectivity index (χ4v) is 4.84. The van der Waals surface area contributed by atoms with Crippen LogP contribution in [0.2, 0.25) is 5.02 Å². The van der Waals surface area contributed by atoms with Crippen molar-refractivity contribution >= 4 is 38.9 Å². The van der Waals surface area contributed by atoms with Crippen LogP contribution >= 0.6 is 11.6 Å². The predicted molar refractivity (Wildman–Crippen MR) is 155 cm³/mol. The highest BCUT2D eigenvalue weighted by atomic mass is 35.5. The highest BCUT2D eigenvalue weighted by Gasteiger charge is 2.36. The lowest BCUT2D eigenvalue weighted by Crippen LogP contribution is -2.50. The fraction of sp³-hybridized carbons (Fsp3) is 0.214. The van der Waals surface area contributed by atoms with Gasteiger partial charge < -0.3 is 24.7 Å². The Labute approximate surface area is 242 Å². The molecule has 0 aliphatic rings.